The summed E-state index contributed by atoms with van der Waals surface area (Å²) >= 11 is 6.37. The molecule has 7 aromatic rings. The summed E-state index contributed by atoms with van der Waals surface area (Å²) in [6.45, 7) is 4.68. The van der Waals surface area contributed by atoms with Crippen LogP contribution in [0.25, 0.3) is 21.5 Å². The van der Waals surface area contributed by atoms with E-state index >= 15 is 0 Å². The Bertz CT molecular complexity index is 4210. The first-order valence-corrected chi connectivity index (χ1v) is 28.0. The van der Waals surface area contributed by atoms with Gasteiger partial charge in [0.25, 0.3) is 40.5 Å². The number of aromatic hydroxyl groups is 2. The molecule has 0 spiro atoms. The van der Waals surface area contributed by atoms with Crippen LogP contribution in [0.4, 0.5) is 46.0 Å². The van der Waals surface area contributed by atoms with Crippen LogP contribution in [-0.4, -0.2) is 97.8 Å². The largest absolute Gasteiger partial charge is 0.505 e. The van der Waals surface area contributed by atoms with E-state index < -0.39 is 138 Å². The summed E-state index contributed by atoms with van der Waals surface area (Å²) in [6, 6.07) is 12.3. The van der Waals surface area contributed by atoms with Gasteiger partial charge in [-0.25, -0.2) is 13.7 Å². The Kier molecular flexibility index (Phi) is 15.5. The van der Waals surface area contributed by atoms with Crippen LogP contribution in [0.2, 0.25) is 5.28 Å². The summed E-state index contributed by atoms with van der Waals surface area (Å²) in [5.74, 6) is -3.30. The second kappa shape index (κ2) is 20.9. The normalized spacial score (nSPS) is 12.7. The molecule has 1 heterocycles. The fraction of sp³-hybridized carbons (Fsp3) is 0.0513. The fourth-order valence-corrected chi connectivity index (χ4v) is 10.8. The van der Waals surface area contributed by atoms with Crippen molar-refractivity contribution < 1.29 is 89.9 Å². The van der Waals surface area contributed by atoms with Crippen molar-refractivity contribution in [1.29, 1.82) is 0 Å². The van der Waals surface area contributed by atoms with Crippen molar-refractivity contribution in [3.63, 3.8) is 0 Å². The molecule has 394 valence electrons. The second-order valence-corrected chi connectivity index (χ2v) is 23.4. The van der Waals surface area contributed by atoms with Crippen LogP contribution in [-0.2, 0) is 59.7 Å². The highest BCUT2D eigenvalue weighted by atomic mass is 35.5. The summed E-state index contributed by atoms with van der Waals surface area (Å²) < 4.78 is 174. The fourth-order valence-electron chi connectivity index (χ4n) is 6.74. The number of nitrogens with zero attached hydrogens (tertiary/aromatic N) is 7. The predicted molar refractivity (Wildman–Crippen MR) is 262 cm³/mol. The first kappa shape index (κ1) is 55.6. The maximum absolute atomic E-state index is 12.6. The van der Waals surface area contributed by atoms with Gasteiger partial charge in [-0.05, 0) is 95.5 Å². The van der Waals surface area contributed by atoms with Crippen LogP contribution in [0.5, 0.6) is 17.2 Å². The van der Waals surface area contributed by atoms with Gasteiger partial charge in [-0.15, -0.1) is 24.8 Å². The van der Waals surface area contributed by atoms with Crippen molar-refractivity contribution in [2.75, 3.05) is 17.7 Å². The number of ether oxygens (including phenoxy) is 1. The molecule has 7 rings (SSSR count). The molecule has 0 atom stereocenters. The van der Waals surface area contributed by atoms with Gasteiger partial charge in [0.1, 0.15) is 43.2 Å². The highest BCUT2D eigenvalue weighted by Gasteiger charge is 2.28. The number of aromatic nitrogens is 3. The van der Waals surface area contributed by atoms with Gasteiger partial charge in [0.2, 0.25) is 17.2 Å². The molecule has 0 saturated heterocycles. The number of anilines is 4. The lowest BCUT2D eigenvalue weighted by Gasteiger charge is -2.16. The van der Waals surface area contributed by atoms with E-state index in [-0.39, 0.29) is 44.2 Å². The third-order valence-corrected chi connectivity index (χ3v) is 15.5. The lowest BCUT2D eigenvalue weighted by Crippen LogP contribution is -2.06. The minimum Gasteiger partial charge on any atom is -0.505 e. The van der Waals surface area contributed by atoms with Crippen LogP contribution in [0.1, 0.15) is 5.56 Å². The molecule has 0 radical (unpaired) electrons. The third-order valence-electron chi connectivity index (χ3n) is 9.98. The van der Waals surface area contributed by atoms with Crippen LogP contribution < -0.4 is 15.4 Å². The topological polar surface area (TPSA) is 452 Å². The maximum atomic E-state index is 12.6. The Labute approximate surface area is 431 Å². The smallest absolute Gasteiger partial charge is 0.296 e. The Balaban J connectivity index is 1.32. The van der Waals surface area contributed by atoms with Gasteiger partial charge in [0.15, 0.2) is 21.3 Å². The summed E-state index contributed by atoms with van der Waals surface area (Å²) in [7, 11) is -23.8. The van der Waals surface area contributed by atoms with Gasteiger partial charge in [-0.1, -0.05) is 17.7 Å². The molecule has 0 fully saturated rings. The van der Waals surface area contributed by atoms with E-state index in [1.165, 1.54) is 31.2 Å². The monoisotopic (exact) mass is 1170 g/mol. The zero-order valence-corrected chi connectivity index (χ0v) is 42.8. The number of sulfone groups is 1. The number of methoxy groups -OCH3 is 1. The number of halogens is 1. The predicted octanol–water partition coefficient (Wildman–Crippen LogP) is 8.21. The summed E-state index contributed by atoms with van der Waals surface area (Å²) in [5.41, 5.74) is -2.77. The van der Waals surface area contributed by atoms with E-state index in [0.717, 1.165) is 49.6 Å². The number of rotatable bonds is 18. The van der Waals surface area contributed by atoms with Gasteiger partial charge in [0.05, 0.1) is 39.5 Å². The van der Waals surface area contributed by atoms with Gasteiger partial charge in [-0.2, -0.15) is 48.6 Å². The highest BCUT2D eigenvalue weighted by Crippen LogP contribution is 2.49. The Morgan fingerprint density at radius 2 is 1.28 bits per heavy atom. The van der Waals surface area contributed by atoms with E-state index in [2.05, 4.69) is 62.0 Å². The maximum Gasteiger partial charge on any atom is 0.296 e. The molecule has 6 aromatic carbocycles. The minimum atomic E-state index is -5.33. The Hall–Kier alpha value is -7.10. The molecule has 0 bridgehead atoms. The van der Waals surface area contributed by atoms with E-state index in [1.54, 1.807) is 0 Å². The number of azo groups is 2. The van der Waals surface area contributed by atoms with Crippen molar-refractivity contribution in [1.82, 2.24) is 15.0 Å². The van der Waals surface area contributed by atoms with Crippen molar-refractivity contribution in [3.8, 4) is 17.2 Å². The SMILES string of the molecule is C=CS(=O)(=O)c1cc(OC)c(N=Nc2c(SOOO)cc3cc(S(=O)(=O)O)cc(Nc4nc(Cl)nc(Nc5ccc6c(O)c(N=Nc7ccc(C)cc7S(=O)(=O)O)c(S(=O)(=O)O)cc6c5)n4)c3c2O)c(S(=O)(=O)O)c1. The molecule has 0 aliphatic rings. The van der Waals surface area contributed by atoms with Crippen molar-refractivity contribution >= 4 is 142 Å². The van der Waals surface area contributed by atoms with Crippen LogP contribution >= 0.6 is 23.6 Å². The number of benzene rings is 6. The minimum absolute atomic E-state index is 0.0413. The zero-order valence-electron chi connectivity index (χ0n) is 37.1. The van der Waals surface area contributed by atoms with Crippen molar-refractivity contribution in [3.05, 3.63) is 95.6 Å². The van der Waals surface area contributed by atoms with Crippen LogP contribution in [0.15, 0.2) is 135 Å². The van der Waals surface area contributed by atoms with Gasteiger partial charge >= 0.3 is 0 Å². The number of nitrogens with one attached hydrogen (secondary N) is 2. The zero-order chi connectivity index (χ0) is 55.2. The molecule has 75 heavy (non-hydrogen) atoms. The second-order valence-electron chi connectivity index (χ2n) is 14.8. The quantitative estimate of drug-likeness (QED) is 0.0128. The van der Waals surface area contributed by atoms with E-state index in [0.29, 0.717) is 17.0 Å². The van der Waals surface area contributed by atoms with Crippen LogP contribution in [0.3, 0.4) is 0 Å². The number of fused-ring (bicyclic) bond motifs is 2. The first-order valence-electron chi connectivity index (χ1n) is 19.6. The molecule has 0 amide bonds. The standard InChI is InChI=1S/C39H30ClN9O20S6/c1-4-71(53,54)21-15-26(67-3)32(30(16-21)75(64,65)66)47-48-33-27(70-69-68-52)12-19-11-22(72(55,56)57)14-25(31(19)36(33)51)42-39-44-37(40)43-38(45-39)41-20-6-7-23-18(10-20)13-29(74(61,62)63)34(35(23)50)49-46-24-8-5-17(2)9-28(24)73(58,59)60/h4-16,50-52H,1H2,2-3H3,(H,55,56,57)(H,58,59,60)(H,61,62,63)(H,64,65,66)(H2,41,42,43,44,45). The summed E-state index contributed by atoms with van der Waals surface area (Å²) in [4.78, 5) is 7.40. The highest BCUT2D eigenvalue weighted by molar-refractivity contribution is 7.95. The molecular formula is C39H30ClN9O20S6. The van der Waals surface area contributed by atoms with Gasteiger partial charge < -0.3 is 25.6 Å². The molecule has 0 aliphatic carbocycles. The third kappa shape index (κ3) is 12.2. The molecule has 0 unspecified atom stereocenters. The number of hydrogen-bond acceptors (Lipinski definition) is 26. The van der Waals surface area contributed by atoms with Crippen molar-refractivity contribution in [2.45, 2.75) is 36.3 Å². The molecule has 29 nitrogen and oxygen atoms in total. The average Bonchev–Trinajstić information content (AvgIpc) is 3.31. The molecule has 36 heteroatoms. The van der Waals surface area contributed by atoms with Crippen LogP contribution in [0, 0.1) is 6.92 Å². The van der Waals surface area contributed by atoms with E-state index in [1.807, 2.05) is 0 Å². The molecule has 1 aromatic heterocycles. The molecule has 0 saturated carbocycles. The van der Waals surface area contributed by atoms with E-state index in [9.17, 15) is 70.5 Å². The molecule has 0 aliphatic heterocycles. The van der Waals surface area contributed by atoms with Crippen molar-refractivity contribution in [2.24, 2.45) is 20.5 Å². The lowest BCUT2D eigenvalue weighted by molar-refractivity contribution is -0.432. The lowest BCUT2D eigenvalue weighted by atomic mass is 10.1. The van der Waals surface area contributed by atoms with Gasteiger partial charge in [0, 0.05) is 27.9 Å². The number of phenolic OH excluding ortho intramolecular Hbond substituents is 2. The Morgan fingerprint density at radius 3 is 1.89 bits per heavy atom. The number of phenols is 2. The van der Waals surface area contributed by atoms with Gasteiger partial charge in [-0.3, -0.25) is 18.2 Å². The Morgan fingerprint density at radius 1 is 0.653 bits per heavy atom. The molecular weight excluding hydrogens is 1140 g/mol. The first-order chi connectivity index (χ1) is 34.9. The number of aryl methyl sites for hydroxylation is 1. The summed E-state index contributed by atoms with van der Waals surface area (Å²) in [6.07, 6.45) is 0. The number of hydrogen-bond donors (Lipinski definition) is 9. The summed E-state index contributed by atoms with van der Waals surface area (Å²) in [5, 5.41) is 55.3. The average molecular weight is 1170 g/mol. The molecule has 9 N–H and O–H groups in total. The van der Waals surface area contributed by atoms with E-state index in [4.69, 9.17) is 21.6 Å².